The molecule has 5 heteroatoms. The van der Waals surface area contributed by atoms with Crippen molar-refractivity contribution in [1.29, 1.82) is 0 Å². The highest BCUT2D eigenvalue weighted by molar-refractivity contribution is 5.47. The van der Waals surface area contributed by atoms with E-state index < -0.39 is 6.10 Å². The molecule has 0 aliphatic carbocycles. The maximum Gasteiger partial charge on any atom is 0.166 e. The van der Waals surface area contributed by atoms with Gasteiger partial charge in [-0.15, -0.1) is 0 Å². The molecule has 1 unspecified atom stereocenters. The number of hydrogen-bond acceptors (Lipinski definition) is 5. The second-order valence-electron chi connectivity index (χ2n) is 7.04. The minimum Gasteiger partial charge on any atom is -0.493 e. The molecular weight excluding hydrogens is 340 g/mol. The summed E-state index contributed by atoms with van der Waals surface area (Å²) in [5.74, 6) is 1.25. The van der Waals surface area contributed by atoms with Gasteiger partial charge in [0.15, 0.2) is 11.5 Å². The van der Waals surface area contributed by atoms with Crippen LogP contribution in [0.1, 0.15) is 30.1 Å². The number of aliphatic hydroxyl groups is 1. The third-order valence-electron chi connectivity index (χ3n) is 5.23. The lowest BCUT2D eigenvalue weighted by molar-refractivity contribution is 0.146. The van der Waals surface area contributed by atoms with Crippen LogP contribution in [0.4, 0.5) is 0 Å². The van der Waals surface area contributed by atoms with E-state index in [0.29, 0.717) is 24.1 Å². The van der Waals surface area contributed by atoms with Gasteiger partial charge in [0.05, 0.1) is 20.3 Å². The SMILES string of the molecule is COc1cccc(C(O)CNC2CCN(Cc3ccccc3)CC2)c1OC. The van der Waals surface area contributed by atoms with Crippen molar-refractivity contribution >= 4 is 0 Å². The highest BCUT2D eigenvalue weighted by atomic mass is 16.5. The highest BCUT2D eigenvalue weighted by Gasteiger charge is 2.22. The topological polar surface area (TPSA) is 54.0 Å². The predicted octanol–water partition coefficient (Wildman–Crippen LogP) is 2.99. The fraction of sp³-hybridized carbons (Fsp3) is 0.455. The number of aliphatic hydroxyl groups excluding tert-OH is 1. The first kappa shape index (κ1) is 19.7. The fourth-order valence-corrected chi connectivity index (χ4v) is 3.70. The van der Waals surface area contributed by atoms with Gasteiger partial charge in [-0.05, 0) is 37.6 Å². The molecule has 0 radical (unpaired) electrons. The molecule has 1 saturated heterocycles. The Kier molecular flexibility index (Phi) is 7.10. The zero-order valence-electron chi connectivity index (χ0n) is 16.2. The summed E-state index contributed by atoms with van der Waals surface area (Å²) in [5.41, 5.74) is 2.12. The summed E-state index contributed by atoms with van der Waals surface area (Å²) in [7, 11) is 3.21. The Hall–Kier alpha value is -2.08. The van der Waals surface area contributed by atoms with E-state index in [1.54, 1.807) is 14.2 Å². The molecule has 2 aromatic carbocycles. The molecular formula is C22H30N2O3. The molecule has 0 amide bonds. The fourth-order valence-electron chi connectivity index (χ4n) is 3.70. The molecule has 146 valence electrons. The molecule has 0 bridgehead atoms. The molecule has 1 aliphatic rings. The number of ether oxygens (including phenoxy) is 2. The number of nitrogens with zero attached hydrogens (tertiary/aromatic N) is 1. The standard InChI is InChI=1S/C22H30N2O3/c1-26-21-10-6-9-19(22(21)27-2)20(25)15-23-18-11-13-24(14-12-18)16-17-7-4-3-5-8-17/h3-10,18,20,23,25H,11-16H2,1-2H3. The quantitative estimate of drug-likeness (QED) is 0.748. The van der Waals surface area contributed by atoms with Gasteiger partial charge in [-0.1, -0.05) is 42.5 Å². The van der Waals surface area contributed by atoms with E-state index in [2.05, 4.69) is 40.5 Å². The maximum atomic E-state index is 10.6. The molecule has 0 spiro atoms. The second-order valence-corrected chi connectivity index (χ2v) is 7.04. The summed E-state index contributed by atoms with van der Waals surface area (Å²) in [5, 5.41) is 14.1. The predicted molar refractivity (Wildman–Crippen MR) is 107 cm³/mol. The lowest BCUT2D eigenvalue weighted by Gasteiger charge is -2.33. The van der Waals surface area contributed by atoms with E-state index in [0.717, 1.165) is 38.0 Å². The summed E-state index contributed by atoms with van der Waals surface area (Å²) >= 11 is 0. The van der Waals surface area contributed by atoms with Crippen molar-refractivity contribution in [3.63, 3.8) is 0 Å². The summed E-state index contributed by atoms with van der Waals surface area (Å²) in [4.78, 5) is 2.50. The molecule has 1 atom stereocenters. The number of methoxy groups -OCH3 is 2. The Morgan fingerprint density at radius 3 is 2.44 bits per heavy atom. The molecule has 1 heterocycles. The van der Waals surface area contributed by atoms with Gasteiger partial charge in [0.1, 0.15) is 0 Å². The Morgan fingerprint density at radius 2 is 1.78 bits per heavy atom. The van der Waals surface area contributed by atoms with E-state index in [4.69, 9.17) is 9.47 Å². The van der Waals surface area contributed by atoms with E-state index in [-0.39, 0.29) is 0 Å². The average Bonchev–Trinajstić information content (AvgIpc) is 2.73. The molecule has 27 heavy (non-hydrogen) atoms. The Balaban J connectivity index is 1.47. The van der Waals surface area contributed by atoms with Crippen molar-refractivity contribution in [3.05, 3.63) is 59.7 Å². The molecule has 2 N–H and O–H groups in total. The van der Waals surface area contributed by atoms with Crippen LogP contribution in [0.25, 0.3) is 0 Å². The average molecular weight is 370 g/mol. The number of nitrogens with one attached hydrogen (secondary N) is 1. The first-order valence-electron chi connectivity index (χ1n) is 9.60. The van der Waals surface area contributed by atoms with Crippen LogP contribution >= 0.6 is 0 Å². The van der Waals surface area contributed by atoms with Gasteiger partial charge in [-0.3, -0.25) is 4.90 Å². The van der Waals surface area contributed by atoms with Gasteiger partial charge in [-0.25, -0.2) is 0 Å². The largest absolute Gasteiger partial charge is 0.493 e. The van der Waals surface area contributed by atoms with Crippen molar-refractivity contribution in [2.45, 2.75) is 31.5 Å². The third-order valence-corrected chi connectivity index (χ3v) is 5.23. The number of rotatable bonds is 8. The minimum absolute atomic E-state index is 0.434. The number of likely N-dealkylation sites (tertiary alicyclic amines) is 1. The Morgan fingerprint density at radius 1 is 1.04 bits per heavy atom. The van der Waals surface area contributed by atoms with Gasteiger partial charge in [0, 0.05) is 24.7 Å². The number of piperidine rings is 1. The van der Waals surface area contributed by atoms with Crippen LogP contribution in [0, 0.1) is 0 Å². The van der Waals surface area contributed by atoms with Crippen LogP contribution in [-0.2, 0) is 6.54 Å². The van der Waals surface area contributed by atoms with Gasteiger partial charge < -0.3 is 19.9 Å². The monoisotopic (exact) mass is 370 g/mol. The van der Waals surface area contributed by atoms with E-state index in [1.165, 1.54) is 5.56 Å². The van der Waals surface area contributed by atoms with Crippen molar-refractivity contribution in [1.82, 2.24) is 10.2 Å². The molecule has 1 fully saturated rings. The Labute approximate surface area is 161 Å². The normalized spacial score (nSPS) is 16.9. The smallest absolute Gasteiger partial charge is 0.166 e. The summed E-state index contributed by atoms with van der Waals surface area (Å²) in [6.45, 7) is 3.67. The van der Waals surface area contributed by atoms with Crippen LogP contribution in [0.5, 0.6) is 11.5 Å². The maximum absolute atomic E-state index is 10.6. The molecule has 1 aliphatic heterocycles. The van der Waals surface area contributed by atoms with E-state index in [9.17, 15) is 5.11 Å². The molecule has 5 nitrogen and oxygen atoms in total. The van der Waals surface area contributed by atoms with Crippen molar-refractivity contribution in [2.24, 2.45) is 0 Å². The van der Waals surface area contributed by atoms with Gasteiger partial charge in [0.2, 0.25) is 0 Å². The van der Waals surface area contributed by atoms with Gasteiger partial charge in [0.25, 0.3) is 0 Å². The zero-order chi connectivity index (χ0) is 19.1. The lowest BCUT2D eigenvalue weighted by Crippen LogP contribution is -2.43. The van der Waals surface area contributed by atoms with Gasteiger partial charge in [-0.2, -0.15) is 0 Å². The first-order chi connectivity index (χ1) is 13.2. The number of para-hydroxylation sites is 1. The van der Waals surface area contributed by atoms with Crippen LogP contribution in [-0.4, -0.2) is 49.9 Å². The minimum atomic E-state index is -0.627. The lowest BCUT2D eigenvalue weighted by atomic mass is 10.0. The van der Waals surface area contributed by atoms with Crippen LogP contribution in [0.15, 0.2) is 48.5 Å². The van der Waals surface area contributed by atoms with Crippen LogP contribution in [0.3, 0.4) is 0 Å². The van der Waals surface area contributed by atoms with Crippen LogP contribution < -0.4 is 14.8 Å². The molecule has 2 aromatic rings. The number of hydrogen-bond donors (Lipinski definition) is 2. The van der Waals surface area contributed by atoms with Gasteiger partial charge >= 0.3 is 0 Å². The first-order valence-corrected chi connectivity index (χ1v) is 9.60. The third kappa shape index (κ3) is 5.22. The van der Waals surface area contributed by atoms with Crippen molar-refractivity contribution in [3.8, 4) is 11.5 Å². The highest BCUT2D eigenvalue weighted by Crippen LogP contribution is 2.34. The van der Waals surface area contributed by atoms with E-state index >= 15 is 0 Å². The van der Waals surface area contributed by atoms with Crippen molar-refractivity contribution in [2.75, 3.05) is 33.9 Å². The second kappa shape index (κ2) is 9.74. The molecule has 0 aromatic heterocycles. The van der Waals surface area contributed by atoms with Crippen LogP contribution in [0.2, 0.25) is 0 Å². The molecule has 3 rings (SSSR count). The summed E-state index contributed by atoms with van der Waals surface area (Å²) < 4.78 is 10.8. The zero-order valence-corrected chi connectivity index (χ0v) is 16.2. The summed E-state index contributed by atoms with van der Waals surface area (Å²) in [6, 6.07) is 16.6. The Bertz CT molecular complexity index is 700. The summed E-state index contributed by atoms with van der Waals surface area (Å²) in [6.07, 6.45) is 1.56. The number of benzene rings is 2. The van der Waals surface area contributed by atoms with Crippen molar-refractivity contribution < 1.29 is 14.6 Å². The van der Waals surface area contributed by atoms with E-state index in [1.807, 2.05) is 18.2 Å². The molecule has 0 saturated carbocycles.